The molecule has 1 unspecified atom stereocenters. The number of benzene rings is 3. The smallest absolute Gasteiger partial charge is 0.308 e. The van der Waals surface area contributed by atoms with Gasteiger partial charge in [0.15, 0.2) is 11.5 Å². The minimum Gasteiger partial charge on any atom is -0.493 e. The van der Waals surface area contributed by atoms with Crippen LogP contribution in [-0.2, 0) is 20.4 Å². The molecule has 0 aliphatic heterocycles. The number of halogens is 1. The zero-order valence-electron chi connectivity index (χ0n) is 15.9. The van der Waals surface area contributed by atoms with Crippen LogP contribution in [0.3, 0.4) is 0 Å². The molecule has 0 bridgehead atoms. The van der Waals surface area contributed by atoms with Crippen molar-refractivity contribution in [2.24, 2.45) is 0 Å². The predicted molar refractivity (Wildman–Crippen MR) is 104 cm³/mol. The molecule has 0 N–H and O–H groups in total. The third-order valence-electron chi connectivity index (χ3n) is 3.95. The Morgan fingerprint density at radius 3 is 2.17 bits per heavy atom. The molecule has 0 saturated heterocycles. The van der Waals surface area contributed by atoms with E-state index in [-0.39, 0.29) is 17.2 Å². The molecule has 3 aromatic carbocycles. The minimum atomic E-state index is -1.72. The van der Waals surface area contributed by atoms with Gasteiger partial charge in [-0.25, -0.2) is 8.60 Å². The Morgan fingerprint density at radius 2 is 1.59 bits per heavy atom. The molecule has 150 valence electrons. The number of rotatable bonds is 5. The van der Waals surface area contributed by atoms with E-state index >= 15 is 0 Å². The number of hydrogen-bond donors (Lipinski definition) is 0. The number of carbonyl (C=O) groups is 2. The molecule has 0 radical (unpaired) electrons. The highest BCUT2D eigenvalue weighted by molar-refractivity contribution is 7.85. The van der Waals surface area contributed by atoms with E-state index in [1.165, 1.54) is 51.3 Å². The first kappa shape index (κ1) is 20.5. The highest BCUT2D eigenvalue weighted by Crippen LogP contribution is 2.44. The summed E-state index contributed by atoms with van der Waals surface area (Å²) in [5.41, 5.74) is 0. The lowest BCUT2D eigenvalue weighted by Crippen LogP contribution is -2.07. The fraction of sp³-hybridized carbons (Fsp3) is 0.143. The van der Waals surface area contributed by atoms with Crippen molar-refractivity contribution < 1.29 is 32.4 Å². The summed E-state index contributed by atoms with van der Waals surface area (Å²) in [4.78, 5) is 23.9. The number of carbonyl (C=O) groups excluding carboxylic acids is 2. The highest BCUT2D eigenvalue weighted by Gasteiger charge is 2.22. The first-order chi connectivity index (χ1) is 13.8. The van der Waals surface area contributed by atoms with Gasteiger partial charge in [-0.15, -0.1) is 0 Å². The first-order valence-electron chi connectivity index (χ1n) is 8.49. The molecule has 0 spiro atoms. The molecule has 8 heteroatoms. The van der Waals surface area contributed by atoms with Crippen molar-refractivity contribution in [3.8, 4) is 17.2 Å². The Bertz CT molecular complexity index is 1120. The van der Waals surface area contributed by atoms with E-state index in [9.17, 15) is 18.2 Å². The van der Waals surface area contributed by atoms with Gasteiger partial charge in [0, 0.05) is 35.6 Å². The Hall–Kier alpha value is -3.26. The third-order valence-corrected chi connectivity index (χ3v) is 5.39. The second kappa shape index (κ2) is 8.40. The molecule has 0 amide bonds. The number of methoxy groups -OCH3 is 1. The van der Waals surface area contributed by atoms with Crippen molar-refractivity contribution >= 4 is 33.5 Å². The SMILES string of the molecule is COc1cc(OC(C)=O)c2c(S(=O)c3ccc(F)cc3)cccc2c1OC(C)=O. The average molecular weight is 416 g/mol. The zero-order chi connectivity index (χ0) is 21.1. The molecule has 3 rings (SSSR count). The van der Waals surface area contributed by atoms with Crippen molar-refractivity contribution in [1.82, 2.24) is 0 Å². The molecule has 0 aliphatic carbocycles. The van der Waals surface area contributed by atoms with Crippen LogP contribution < -0.4 is 14.2 Å². The van der Waals surface area contributed by atoms with E-state index in [2.05, 4.69) is 0 Å². The molecule has 0 aromatic heterocycles. The van der Waals surface area contributed by atoms with Gasteiger partial charge in [0.2, 0.25) is 0 Å². The molecule has 3 aromatic rings. The Labute approximate surface area is 168 Å². The van der Waals surface area contributed by atoms with Gasteiger partial charge in [0.25, 0.3) is 0 Å². The molecule has 1 atom stereocenters. The van der Waals surface area contributed by atoms with Crippen LogP contribution in [0, 0.1) is 5.82 Å². The lowest BCUT2D eigenvalue weighted by Gasteiger charge is -2.17. The second-order valence-electron chi connectivity index (χ2n) is 5.99. The third kappa shape index (κ3) is 4.27. The zero-order valence-corrected chi connectivity index (χ0v) is 16.7. The van der Waals surface area contributed by atoms with Crippen LogP contribution in [0.25, 0.3) is 10.8 Å². The predicted octanol–water partition coefficient (Wildman–Crippen LogP) is 4.00. The lowest BCUT2D eigenvalue weighted by molar-refractivity contribution is -0.133. The van der Waals surface area contributed by atoms with Crippen LogP contribution in [0.15, 0.2) is 58.3 Å². The molecular formula is C21H17FO6S. The van der Waals surface area contributed by atoms with Crippen molar-refractivity contribution in [3.63, 3.8) is 0 Å². The van der Waals surface area contributed by atoms with E-state index in [1.807, 2.05) is 0 Å². The summed E-state index contributed by atoms with van der Waals surface area (Å²) in [5.74, 6) is -1.22. The molecular weight excluding hydrogens is 399 g/mol. The summed E-state index contributed by atoms with van der Waals surface area (Å²) in [6.07, 6.45) is 0. The van der Waals surface area contributed by atoms with Crippen LogP contribution in [0.1, 0.15) is 13.8 Å². The fourth-order valence-electron chi connectivity index (χ4n) is 2.84. The number of hydrogen-bond acceptors (Lipinski definition) is 6. The van der Waals surface area contributed by atoms with Crippen LogP contribution in [0.2, 0.25) is 0 Å². The van der Waals surface area contributed by atoms with E-state index in [0.29, 0.717) is 20.6 Å². The Balaban J connectivity index is 2.33. The van der Waals surface area contributed by atoms with Gasteiger partial charge in [-0.2, -0.15) is 0 Å². The molecule has 29 heavy (non-hydrogen) atoms. The van der Waals surface area contributed by atoms with Gasteiger partial charge in [-0.1, -0.05) is 12.1 Å². The van der Waals surface area contributed by atoms with E-state index in [4.69, 9.17) is 14.2 Å². The van der Waals surface area contributed by atoms with Crippen LogP contribution in [0.5, 0.6) is 17.2 Å². The number of ether oxygens (including phenoxy) is 3. The summed E-state index contributed by atoms with van der Waals surface area (Å²) in [5, 5.41) is 0.700. The maximum atomic E-state index is 13.3. The Kier molecular flexibility index (Phi) is 5.93. The fourth-order valence-corrected chi connectivity index (χ4v) is 4.07. The van der Waals surface area contributed by atoms with Gasteiger partial charge >= 0.3 is 11.9 Å². The van der Waals surface area contributed by atoms with Crippen molar-refractivity contribution in [2.45, 2.75) is 23.6 Å². The van der Waals surface area contributed by atoms with Gasteiger partial charge in [0.1, 0.15) is 11.6 Å². The van der Waals surface area contributed by atoms with E-state index in [1.54, 1.807) is 18.2 Å². The highest BCUT2D eigenvalue weighted by atomic mass is 32.2. The van der Waals surface area contributed by atoms with Crippen LogP contribution in [-0.4, -0.2) is 23.3 Å². The summed E-state index contributed by atoms with van der Waals surface area (Å²) in [6, 6.07) is 11.5. The van der Waals surface area contributed by atoms with Gasteiger partial charge in [0.05, 0.1) is 22.8 Å². The Morgan fingerprint density at radius 1 is 0.931 bits per heavy atom. The summed E-state index contributed by atoms with van der Waals surface area (Å²) in [6.45, 7) is 2.48. The first-order valence-corrected chi connectivity index (χ1v) is 9.64. The van der Waals surface area contributed by atoms with Crippen molar-refractivity contribution in [3.05, 3.63) is 54.3 Å². The van der Waals surface area contributed by atoms with Crippen molar-refractivity contribution in [1.29, 1.82) is 0 Å². The normalized spacial score (nSPS) is 11.7. The molecule has 0 fully saturated rings. The van der Waals surface area contributed by atoms with Gasteiger partial charge in [-0.3, -0.25) is 9.59 Å². The van der Waals surface area contributed by atoms with Crippen LogP contribution in [0.4, 0.5) is 4.39 Å². The van der Waals surface area contributed by atoms with Crippen molar-refractivity contribution in [2.75, 3.05) is 7.11 Å². The standard InChI is InChI=1S/C21H17FO6S/c1-12(23)27-17-11-18(26-3)21(28-13(2)24)16-5-4-6-19(20(16)17)29(25)15-9-7-14(22)8-10-15/h4-11H,1-3H3. The van der Waals surface area contributed by atoms with Gasteiger partial charge < -0.3 is 14.2 Å². The molecule has 0 heterocycles. The summed E-state index contributed by atoms with van der Waals surface area (Å²) >= 11 is 0. The second-order valence-corrected chi connectivity index (χ2v) is 7.44. The lowest BCUT2D eigenvalue weighted by atomic mass is 10.1. The van der Waals surface area contributed by atoms with Crippen LogP contribution >= 0.6 is 0 Å². The summed E-state index contributed by atoms with van der Waals surface area (Å²) in [7, 11) is -0.342. The maximum absolute atomic E-state index is 13.3. The minimum absolute atomic E-state index is 0.103. The topological polar surface area (TPSA) is 78.9 Å². The average Bonchev–Trinajstić information content (AvgIpc) is 2.68. The largest absolute Gasteiger partial charge is 0.493 e. The number of esters is 2. The molecule has 0 saturated carbocycles. The van der Waals surface area contributed by atoms with Gasteiger partial charge in [-0.05, 0) is 30.3 Å². The van der Waals surface area contributed by atoms with E-state index < -0.39 is 28.6 Å². The monoisotopic (exact) mass is 416 g/mol. The number of fused-ring (bicyclic) bond motifs is 1. The molecule has 6 nitrogen and oxygen atoms in total. The maximum Gasteiger partial charge on any atom is 0.308 e. The summed E-state index contributed by atoms with van der Waals surface area (Å²) < 4.78 is 42.4. The van der Waals surface area contributed by atoms with E-state index in [0.717, 1.165) is 0 Å². The molecule has 0 aliphatic rings. The quantitative estimate of drug-likeness (QED) is 0.462.